The van der Waals surface area contributed by atoms with E-state index in [1.54, 1.807) is 23.0 Å². The Morgan fingerprint density at radius 3 is 2.00 bits per heavy atom. The maximum atomic E-state index is 3.74. The zero-order valence-electron chi connectivity index (χ0n) is 8.59. The quantitative estimate of drug-likeness (QED) is 0.341. The summed E-state index contributed by atoms with van der Waals surface area (Å²) in [5, 5.41) is 1.93. The van der Waals surface area contributed by atoms with Crippen molar-refractivity contribution in [3.8, 4) is 0 Å². The first kappa shape index (κ1) is 16.9. The van der Waals surface area contributed by atoms with Gasteiger partial charge >= 0.3 is 88.7 Å². The van der Waals surface area contributed by atoms with Crippen LogP contribution in [-0.4, -0.2) is 4.98 Å². The van der Waals surface area contributed by atoms with Crippen molar-refractivity contribution in [1.29, 1.82) is 0 Å². The van der Waals surface area contributed by atoms with Gasteiger partial charge < -0.3 is 4.28 Å². The molecule has 0 aliphatic carbocycles. The number of rotatable bonds is 0. The molecule has 0 fully saturated rings. The van der Waals surface area contributed by atoms with Gasteiger partial charge in [-0.2, -0.15) is 0 Å². The zero-order chi connectivity index (χ0) is 3.54. The fourth-order valence-corrected chi connectivity index (χ4v) is 0.527. The molecular weight excluding hydrogens is 151 g/mol. The third-order valence-electron chi connectivity index (χ3n) is 0.347. The van der Waals surface area contributed by atoms with Gasteiger partial charge in [0.1, 0.15) is 0 Å². The summed E-state index contributed by atoms with van der Waals surface area (Å²) in [6, 6.07) is 0. The summed E-state index contributed by atoms with van der Waals surface area (Å²) in [7, 11) is 0. The fourth-order valence-electron chi connectivity index (χ4n) is 0.176. The molecular formula is C3H6NNa3S. The number of hydrogen-bond donors (Lipinski definition) is 0. The van der Waals surface area contributed by atoms with Crippen molar-refractivity contribution in [2.45, 2.75) is 0 Å². The van der Waals surface area contributed by atoms with Crippen molar-refractivity contribution in [2.24, 2.45) is 0 Å². The molecule has 1 rings (SSSR count). The van der Waals surface area contributed by atoms with E-state index in [0.29, 0.717) is 0 Å². The fraction of sp³-hybridized carbons (Fsp3) is 0. The summed E-state index contributed by atoms with van der Waals surface area (Å²) < 4.78 is 0. The first-order valence-corrected chi connectivity index (χ1v) is 2.26. The van der Waals surface area contributed by atoms with Crippen LogP contribution in [0.4, 0.5) is 0 Å². The van der Waals surface area contributed by atoms with Crippen LogP contribution in [0.15, 0.2) is 17.1 Å². The SMILES string of the molecule is [H-].[H-].[H-].[Na+].[Na+].[Na+].c1cscn1. The van der Waals surface area contributed by atoms with E-state index in [0.717, 1.165) is 0 Å². The van der Waals surface area contributed by atoms with E-state index in [1.807, 2.05) is 5.38 Å². The molecule has 8 heavy (non-hydrogen) atoms. The molecule has 32 valence electrons. The predicted molar refractivity (Wildman–Crippen MR) is 25.4 cm³/mol. The average Bonchev–Trinajstić information content (AvgIpc) is 1.76. The summed E-state index contributed by atoms with van der Waals surface area (Å²) in [6.07, 6.45) is 1.77. The van der Waals surface area contributed by atoms with Crippen LogP contribution in [0.3, 0.4) is 0 Å². The second-order valence-electron chi connectivity index (χ2n) is 0.676. The van der Waals surface area contributed by atoms with Crippen LogP contribution < -0.4 is 88.7 Å². The van der Waals surface area contributed by atoms with Crippen LogP contribution in [0, 0.1) is 0 Å². The monoisotopic (exact) mass is 157 g/mol. The van der Waals surface area contributed by atoms with Crippen LogP contribution in [0.1, 0.15) is 4.28 Å². The first-order valence-electron chi connectivity index (χ1n) is 1.32. The van der Waals surface area contributed by atoms with Crippen molar-refractivity contribution in [1.82, 2.24) is 4.98 Å². The zero-order valence-corrected chi connectivity index (χ0v) is 12.4. The van der Waals surface area contributed by atoms with E-state index in [1.165, 1.54) is 0 Å². The van der Waals surface area contributed by atoms with Crippen molar-refractivity contribution in [3.63, 3.8) is 0 Å². The van der Waals surface area contributed by atoms with Crippen molar-refractivity contribution < 1.29 is 93.0 Å². The molecule has 1 nitrogen and oxygen atoms in total. The molecule has 1 aromatic heterocycles. The summed E-state index contributed by atoms with van der Waals surface area (Å²) in [4.78, 5) is 3.74. The van der Waals surface area contributed by atoms with Gasteiger partial charge in [-0.25, -0.2) is 0 Å². The van der Waals surface area contributed by atoms with Gasteiger partial charge in [-0.3, -0.25) is 4.98 Å². The van der Waals surface area contributed by atoms with Crippen LogP contribution >= 0.6 is 11.3 Å². The Hall–Kier alpha value is 2.63. The van der Waals surface area contributed by atoms with E-state index in [9.17, 15) is 0 Å². The van der Waals surface area contributed by atoms with Gasteiger partial charge in [-0.05, 0) is 0 Å². The van der Waals surface area contributed by atoms with Gasteiger partial charge in [0, 0.05) is 11.6 Å². The molecule has 0 radical (unpaired) electrons. The molecule has 5 heteroatoms. The van der Waals surface area contributed by atoms with Crippen molar-refractivity contribution in [3.05, 3.63) is 17.1 Å². The minimum atomic E-state index is 0. The number of nitrogens with zero attached hydrogens (tertiary/aromatic N) is 1. The molecule has 0 bridgehead atoms. The molecule has 0 amide bonds. The van der Waals surface area contributed by atoms with E-state index < -0.39 is 0 Å². The molecule has 0 aliphatic rings. The summed E-state index contributed by atoms with van der Waals surface area (Å²) >= 11 is 1.60. The number of hydrogen-bond acceptors (Lipinski definition) is 2. The molecule has 0 saturated heterocycles. The van der Waals surface area contributed by atoms with Gasteiger partial charge in [0.15, 0.2) is 0 Å². The molecule has 1 heterocycles. The Kier molecular flexibility index (Phi) is 26.1. The summed E-state index contributed by atoms with van der Waals surface area (Å²) in [5.41, 5.74) is 1.79. The van der Waals surface area contributed by atoms with Gasteiger partial charge in [0.2, 0.25) is 0 Å². The van der Waals surface area contributed by atoms with Crippen LogP contribution in [0.2, 0.25) is 0 Å². The smallest absolute Gasteiger partial charge is 1.00 e. The van der Waals surface area contributed by atoms with Crippen molar-refractivity contribution >= 4 is 11.3 Å². The predicted octanol–water partition coefficient (Wildman–Crippen LogP) is -7.51. The molecule has 0 atom stereocenters. The van der Waals surface area contributed by atoms with E-state index in [4.69, 9.17) is 0 Å². The molecule has 0 N–H and O–H groups in total. The number of aromatic nitrogens is 1. The van der Waals surface area contributed by atoms with Gasteiger partial charge in [0.05, 0.1) is 5.51 Å². The minimum Gasteiger partial charge on any atom is -1.00 e. The molecule has 0 unspecified atom stereocenters. The topological polar surface area (TPSA) is 12.9 Å². The Morgan fingerprint density at radius 2 is 1.88 bits per heavy atom. The van der Waals surface area contributed by atoms with E-state index in [2.05, 4.69) is 4.98 Å². The summed E-state index contributed by atoms with van der Waals surface area (Å²) in [6.45, 7) is 0. The second kappa shape index (κ2) is 12.3. The Labute approximate surface area is 124 Å². The van der Waals surface area contributed by atoms with Crippen LogP contribution in [0.25, 0.3) is 0 Å². The third-order valence-corrected chi connectivity index (χ3v) is 0.869. The van der Waals surface area contributed by atoms with E-state index in [-0.39, 0.29) is 93.0 Å². The second-order valence-corrected chi connectivity index (χ2v) is 1.43. The van der Waals surface area contributed by atoms with Gasteiger partial charge in [-0.15, -0.1) is 11.3 Å². The Morgan fingerprint density at radius 1 is 1.25 bits per heavy atom. The first-order chi connectivity index (χ1) is 2.50. The van der Waals surface area contributed by atoms with Gasteiger partial charge in [-0.1, -0.05) is 0 Å². The molecule has 0 aliphatic heterocycles. The van der Waals surface area contributed by atoms with E-state index >= 15 is 0 Å². The van der Waals surface area contributed by atoms with Crippen molar-refractivity contribution in [2.75, 3.05) is 0 Å². The van der Waals surface area contributed by atoms with Crippen LogP contribution in [0.5, 0.6) is 0 Å². The maximum absolute atomic E-state index is 3.74. The molecule has 1 aromatic rings. The molecule has 0 spiro atoms. The number of thiazole rings is 1. The molecule has 0 saturated carbocycles. The standard InChI is InChI=1S/C3H3NS.3Na.3H/c1-2-5-3-4-1;;;;;;/h1-3H;;;;;;/q;3*+1;3*-1. The normalized spacial score (nSPS) is 5.00. The minimum absolute atomic E-state index is 0. The Balaban J connectivity index is -0.0000000104. The Bertz CT molecular complexity index is 80.3. The largest absolute Gasteiger partial charge is 1.00 e. The van der Waals surface area contributed by atoms with Crippen LogP contribution in [-0.2, 0) is 0 Å². The third kappa shape index (κ3) is 8.63. The van der Waals surface area contributed by atoms with Gasteiger partial charge in [0.25, 0.3) is 0 Å². The molecule has 0 aromatic carbocycles. The maximum Gasteiger partial charge on any atom is 1.00 e. The average molecular weight is 157 g/mol. The summed E-state index contributed by atoms with van der Waals surface area (Å²) in [5.74, 6) is 0.